The van der Waals surface area contributed by atoms with E-state index >= 15 is 0 Å². The molecule has 5 aromatic rings. The van der Waals surface area contributed by atoms with Crippen LogP contribution in [0.1, 0.15) is 61.6 Å². The number of amides is 1. The summed E-state index contributed by atoms with van der Waals surface area (Å²) in [5.74, 6) is 2.04. The number of anilines is 2. The minimum atomic E-state index is -0.601. The summed E-state index contributed by atoms with van der Waals surface area (Å²) in [7, 11) is 1.61. The lowest BCUT2D eigenvalue weighted by atomic mass is 9.87. The molecule has 0 radical (unpaired) electrons. The molecule has 49 heavy (non-hydrogen) atoms. The zero-order chi connectivity index (χ0) is 34.7. The van der Waals surface area contributed by atoms with E-state index in [4.69, 9.17) is 31.2 Å². The van der Waals surface area contributed by atoms with Gasteiger partial charge >= 0.3 is 0 Å². The van der Waals surface area contributed by atoms with Crippen LogP contribution >= 0.6 is 23.4 Å². The van der Waals surface area contributed by atoms with Gasteiger partial charge in [0.25, 0.3) is 5.91 Å². The van der Waals surface area contributed by atoms with Crippen molar-refractivity contribution in [3.05, 3.63) is 135 Å². The summed E-state index contributed by atoms with van der Waals surface area (Å²) in [5.41, 5.74) is 7.13. The largest absolute Gasteiger partial charge is 0.493 e. The number of rotatable bonds is 10. The number of nitrogens with one attached hydrogen (secondary N) is 2. The molecule has 0 saturated heterocycles. The van der Waals surface area contributed by atoms with Crippen molar-refractivity contribution < 1.29 is 14.3 Å². The number of halogens is 1. The Morgan fingerprint density at radius 2 is 1.76 bits per heavy atom. The van der Waals surface area contributed by atoms with Crippen molar-refractivity contribution in [1.82, 2.24) is 14.8 Å². The molecule has 252 valence electrons. The van der Waals surface area contributed by atoms with Gasteiger partial charge in [-0.2, -0.15) is 4.98 Å². The molecule has 1 aliphatic rings. The van der Waals surface area contributed by atoms with E-state index < -0.39 is 6.04 Å². The van der Waals surface area contributed by atoms with E-state index in [9.17, 15) is 4.79 Å². The summed E-state index contributed by atoms with van der Waals surface area (Å²) in [6, 6.07) is 29.1. The minimum absolute atomic E-state index is 0.0781. The molecular weight excluding hydrogens is 654 g/mol. The second-order valence-electron chi connectivity index (χ2n) is 13.1. The first kappa shape index (κ1) is 34.1. The average molecular weight is 694 g/mol. The molecule has 0 fully saturated rings. The predicted octanol–water partition coefficient (Wildman–Crippen LogP) is 9.34. The Balaban J connectivity index is 1.32. The maximum atomic E-state index is 14.1. The Labute approximate surface area is 296 Å². The molecule has 8 nitrogen and oxygen atoms in total. The maximum absolute atomic E-state index is 14.1. The molecule has 0 spiro atoms. The number of thioether (sulfide) groups is 1. The van der Waals surface area contributed by atoms with Crippen molar-refractivity contribution in [2.24, 2.45) is 0 Å². The third-order valence-corrected chi connectivity index (χ3v) is 9.64. The first-order valence-corrected chi connectivity index (χ1v) is 17.4. The Morgan fingerprint density at radius 3 is 2.47 bits per heavy atom. The summed E-state index contributed by atoms with van der Waals surface area (Å²) >= 11 is 7.90. The second kappa shape index (κ2) is 14.4. The fourth-order valence-corrected chi connectivity index (χ4v) is 6.82. The molecule has 1 aliphatic heterocycles. The fraction of sp³-hybridized carbons (Fsp3) is 0.256. The molecule has 1 aromatic heterocycles. The number of benzene rings is 4. The van der Waals surface area contributed by atoms with Crippen LogP contribution in [-0.4, -0.2) is 27.8 Å². The van der Waals surface area contributed by atoms with Crippen LogP contribution in [0.25, 0.3) is 0 Å². The highest BCUT2D eigenvalue weighted by molar-refractivity contribution is 7.98. The van der Waals surface area contributed by atoms with Crippen molar-refractivity contribution in [3.8, 4) is 11.5 Å². The summed E-state index contributed by atoms with van der Waals surface area (Å²) in [6.07, 6.45) is 0. The predicted molar refractivity (Wildman–Crippen MR) is 198 cm³/mol. The first-order chi connectivity index (χ1) is 23.5. The van der Waals surface area contributed by atoms with Crippen LogP contribution in [0, 0.1) is 6.92 Å². The van der Waals surface area contributed by atoms with Gasteiger partial charge in [-0.05, 0) is 77.4 Å². The van der Waals surface area contributed by atoms with Crippen LogP contribution in [0.2, 0.25) is 5.02 Å². The third kappa shape index (κ3) is 7.79. The van der Waals surface area contributed by atoms with E-state index in [-0.39, 0.29) is 11.3 Å². The molecule has 1 atom stereocenters. The zero-order valence-corrected chi connectivity index (χ0v) is 30.1. The monoisotopic (exact) mass is 693 g/mol. The summed E-state index contributed by atoms with van der Waals surface area (Å²) < 4.78 is 13.8. The molecule has 6 rings (SSSR count). The molecule has 2 heterocycles. The van der Waals surface area contributed by atoms with Gasteiger partial charge in [-0.15, -0.1) is 5.10 Å². The van der Waals surface area contributed by atoms with E-state index in [0.29, 0.717) is 56.9 Å². The number of aromatic nitrogens is 3. The van der Waals surface area contributed by atoms with Crippen LogP contribution in [-0.2, 0) is 22.6 Å². The van der Waals surface area contributed by atoms with Gasteiger partial charge in [-0.1, -0.05) is 105 Å². The molecule has 0 bridgehead atoms. The average Bonchev–Trinajstić information content (AvgIpc) is 3.48. The fourth-order valence-electron chi connectivity index (χ4n) is 5.71. The minimum Gasteiger partial charge on any atom is -0.493 e. The highest BCUT2D eigenvalue weighted by Gasteiger charge is 2.35. The van der Waals surface area contributed by atoms with Gasteiger partial charge in [0.2, 0.25) is 11.1 Å². The molecular formula is C39H40ClN5O3S. The van der Waals surface area contributed by atoms with Crippen molar-refractivity contribution >= 4 is 40.9 Å². The molecule has 4 aromatic carbocycles. The number of hydrogen-bond donors (Lipinski definition) is 2. The lowest BCUT2D eigenvalue weighted by Gasteiger charge is -2.29. The number of nitrogens with zero attached hydrogens (tertiary/aromatic N) is 3. The number of aryl methyl sites for hydroxylation is 1. The Hall–Kier alpha value is -4.73. The maximum Gasteiger partial charge on any atom is 0.255 e. The van der Waals surface area contributed by atoms with Crippen LogP contribution in [0.4, 0.5) is 11.6 Å². The number of fused-ring (bicyclic) bond motifs is 1. The van der Waals surface area contributed by atoms with Gasteiger partial charge in [-0.25, -0.2) is 4.68 Å². The quantitative estimate of drug-likeness (QED) is 0.141. The van der Waals surface area contributed by atoms with Crippen molar-refractivity contribution in [3.63, 3.8) is 0 Å². The number of methoxy groups -OCH3 is 1. The highest BCUT2D eigenvalue weighted by atomic mass is 35.5. The first-order valence-electron chi connectivity index (χ1n) is 16.1. The van der Waals surface area contributed by atoms with E-state index in [0.717, 1.165) is 22.3 Å². The molecule has 10 heteroatoms. The van der Waals surface area contributed by atoms with Crippen LogP contribution in [0.15, 0.2) is 107 Å². The highest BCUT2D eigenvalue weighted by Crippen LogP contribution is 2.40. The zero-order valence-electron chi connectivity index (χ0n) is 28.5. The Morgan fingerprint density at radius 1 is 0.980 bits per heavy atom. The van der Waals surface area contributed by atoms with Gasteiger partial charge in [0.05, 0.1) is 12.7 Å². The summed E-state index contributed by atoms with van der Waals surface area (Å²) in [5, 5.41) is 12.6. The summed E-state index contributed by atoms with van der Waals surface area (Å²) in [4.78, 5) is 18.9. The second-order valence-corrected chi connectivity index (χ2v) is 14.4. The van der Waals surface area contributed by atoms with E-state index in [1.54, 1.807) is 11.8 Å². The van der Waals surface area contributed by atoms with Gasteiger partial charge in [0.15, 0.2) is 11.5 Å². The number of hydrogen-bond acceptors (Lipinski definition) is 7. The van der Waals surface area contributed by atoms with Gasteiger partial charge < -0.3 is 20.1 Å². The normalized spacial score (nSPS) is 14.2. The Kier molecular flexibility index (Phi) is 10.0. The van der Waals surface area contributed by atoms with Gasteiger partial charge in [-0.3, -0.25) is 4.79 Å². The molecule has 0 aliphatic carbocycles. The number of carbonyl (C=O) groups excluding carboxylic acids is 1. The standard InChI is InChI=1S/C39H40ClN5O3S/c1-24-10-9-12-30(20-24)42-36(46)34-25(2)41-37-43-38(49-23-28-11-7-8-13-31(28)40)44-45(37)35(34)27-16-19-32(33(21-27)47-6)48-22-26-14-17-29(18-15-26)39(3,4)5/h7-21,35H,22-23H2,1-6H3,(H,42,46)(H,41,43,44). The number of carbonyl (C=O) groups is 1. The van der Waals surface area contributed by atoms with Crippen LogP contribution in [0.3, 0.4) is 0 Å². The molecule has 1 amide bonds. The van der Waals surface area contributed by atoms with E-state index in [2.05, 4.69) is 55.7 Å². The van der Waals surface area contributed by atoms with Gasteiger partial charge in [0.1, 0.15) is 12.6 Å². The third-order valence-electron chi connectivity index (χ3n) is 8.39. The number of ether oxygens (including phenoxy) is 2. The van der Waals surface area contributed by atoms with Crippen molar-refractivity contribution in [2.45, 2.75) is 63.6 Å². The molecule has 0 saturated carbocycles. The van der Waals surface area contributed by atoms with Gasteiger partial charge in [0, 0.05) is 22.2 Å². The molecule has 2 N–H and O–H groups in total. The van der Waals surface area contributed by atoms with Crippen molar-refractivity contribution in [2.75, 3.05) is 17.7 Å². The van der Waals surface area contributed by atoms with E-state index in [1.807, 2.05) is 80.6 Å². The number of allylic oxidation sites excluding steroid dienone is 1. The Bertz CT molecular complexity index is 2020. The SMILES string of the molecule is COc1cc(C2C(C(=O)Nc3cccc(C)c3)=C(C)Nc3nc(SCc4ccccc4Cl)nn32)ccc1OCc1ccc(C(C)(C)C)cc1. The smallest absolute Gasteiger partial charge is 0.255 e. The molecule has 1 unspecified atom stereocenters. The topological polar surface area (TPSA) is 90.3 Å². The van der Waals surface area contributed by atoms with Crippen molar-refractivity contribution in [1.29, 1.82) is 0 Å². The lowest BCUT2D eigenvalue weighted by Crippen LogP contribution is -2.31. The van der Waals surface area contributed by atoms with E-state index in [1.165, 1.54) is 17.3 Å². The van der Waals surface area contributed by atoms with Crippen LogP contribution in [0.5, 0.6) is 11.5 Å². The summed E-state index contributed by atoms with van der Waals surface area (Å²) in [6.45, 7) is 10.9. The van der Waals surface area contributed by atoms with Crippen LogP contribution < -0.4 is 20.1 Å². The lowest BCUT2D eigenvalue weighted by molar-refractivity contribution is -0.113.